The molecule has 2 aromatic carbocycles. The molecule has 0 aliphatic carbocycles. The van der Waals surface area contributed by atoms with Crippen LogP contribution in [0.2, 0.25) is 0 Å². The van der Waals surface area contributed by atoms with Crippen LogP contribution >= 0.6 is 0 Å². The van der Waals surface area contributed by atoms with E-state index in [2.05, 4.69) is 36.8 Å². The topological polar surface area (TPSA) is 204 Å². The molecule has 2 bridgehead atoms. The highest BCUT2D eigenvalue weighted by Gasteiger charge is 2.34. The Labute approximate surface area is 278 Å². The number of benzene rings is 2. The van der Waals surface area contributed by atoms with Crippen LogP contribution in [0, 0.1) is 5.92 Å². The lowest BCUT2D eigenvalue weighted by Crippen LogP contribution is -2.61. The normalized spacial score (nSPS) is 23.6. The van der Waals surface area contributed by atoms with Gasteiger partial charge in [0.2, 0.25) is 23.6 Å². The molecule has 5 amide bonds. The Hall–Kier alpha value is -5.24. The molecule has 1 aromatic heterocycles. The van der Waals surface area contributed by atoms with E-state index in [0.29, 0.717) is 17.7 Å². The maximum absolute atomic E-state index is 13.6. The molecule has 14 nitrogen and oxygen atoms in total. The molecule has 2 aliphatic heterocycles. The highest BCUT2D eigenvalue weighted by molar-refractivity contribution is 5.98. The number of aliphatic hydroxyl groups is 1. The average molecular weight is 662 g/mol. The number of aromatic amines is 1. The van der Waals surface area contributed by atoms with Crippen molar-refractivity contribution in [1.82, 2.24) is 36.8 Å². The minimum absolute atomic E-state index is 0.0717. The monoisotopic (exact) mass is 661 g/mol. The Morgan fingerprint density at radius 2 is 1.54 bits per heavy atom. The standard InChI is InChI=1S/C34H43N7O7/c1-19(2)28-33(46)37-24(16-22-8-6-5-7-9-22)18-48-25-12-10-23(11-13-25)17-27(38-31(44)26-14-15-35-41-26)32(45)36-20(3)30(43)40-29(21(4)42)34(47)39-28/h5-15,19-21,24,27-29,42H,16-18H2,1-4H3,(H,35,41)(H,36,45)(H,37,46)(H,38,44)(H,39,47)(H,40,43)/t20-,21-,24+,27+,28-,29+/m1/s1. The molecule has 0 unspecified atom stereocenters. The number of nitrogens with one attached hydrogen (secondary N) is 6. The number of carbonyl (C=O) groups excluding carboxylic acids is 5. The maximum atomic E-state index is 13.6. The summed E-state index contributed by atoms with van der Waals surface area (Å²) in [4.78, 5) is 66.5. The fourth-order valence-corrected chi connectivity index (χ4v) is 5.16. The van der Waals surface area contributed by atoms with Gasteiger partial charge in [-0.15, -0.1) is 0 Å². The average Bonchev–Trinajstić information content (AvgIpc) is 3.60. The van der Waals surface area contributed by atoms with Crippen LogP contribution in [0.15, 0.2) is 66.9 Å². The zero-order chi connectivity index (χ0) is 34.8. The summed E-state index contributed by atoms with van der Waals surface area (Å²) in [6.45, 7) is 6.38. The van der Waals surface area contributed by atoms with Crippen molar-refractivity contribution in [3.63, 3.8) is 0 Å². The van der Waals surface area contributed by atoms with Gasteiger partial charge in [0.25, 0.3) is 5.91 Å². The third-order valence-electron chi connectivity index (χ3n) is 7.91. The van der Waals surface area contributed by atoms with Gasteiger partial charge in [0.05, 0.1) is 12.1 Å². The molecule has 5 rings (SSSR count). The molecule has 0 fully saturated rings. The zero-order valence-corrected chi connectivity index (χ0v) is 27.4. The Morgan fingerprint density at radius 1 is 0.875 bits per heavy atom. The summed E-state index contributed by atoms with van der Waals surface area (Å²) in [5.41, 5.74) is 1.80. The molecule has 2 aliphatic rings. The third kappa shape index (κ3) is 9.88. The Morgan fingerprint density at radius 3 is 2.17 bits per heavy atom. The van der Waals surface area contributed by atoms with E-state index in [-0.39, 0.29) is 24.6 Å². The number of fused-ring (bicyclic) bond motifs is 17. The van der Waals surface area contributed by atoms with E-state index in [4.69, 9.17) is 4.74 Å². The first-order valence-corrected chi connectivity index (χ1v) is 15.9. The Balaban J connectivity index is 1.65. The van der Waals surface area contributed by atoms with Crippen LogP contribution in [-0.4, -0.2) is 87.8 Å². The van der Waals surface area contributed by atoms with Crippen molar-refractivity contribution < 1.29 is 33.8 Å². The van der Waals surface area contributed by atoms with Crippen molar-refractivity contribution >= 4 is 29.5 Å². The van der Waals surface area contributed by atoms with Crippen molar-refractivity contribution in [1.29, 1.82) is 0 Å². The predicted octanol–water partition coefficient (Wildman–Crippen LogP) is 0.382. The summed E-state index contributed by atoms with van der Waals surface area (Å²) in [7, 11) is 0. The van der Waals surface area contributed by atoms with Crippen LogP contribution in [0.5, 0.6) is 5.75 Å². The smallest absolute Gasteiger partial charge is 0.269 e. The van der Waals surface area contributed by atoms with Crippen LogP contribution in [0.1, 0.15) is 49.3 Å². The fourth-order valence-electron chi connectivity index (χ4n) is 5.16. The SMILES string of the molecule is CC(C)[C@H]1NC(=O)[C@H]([C@@H](C)O)NC(=O)[C@@H](C)NC(=O)[C@@H](NC(=O)c2ccn[nH]2)Cc2ccc(cc2)OC[C@H](Cc2ccccc2)NC1=O. The van der Waals surface area contributed by atoms with E-state index in [1.54, 1.807) is 38.1 Å². The van der Waals surface area contributed by atoms with Gasteiger partial charge < -0.3 is 36.4 Å². The Bertz CT molecular complexity index is 1550. The van der Waals surface area contributed by atoms with Gasteiger partial charge in [0.1, 0.15) is 42.2 Å². The van der Waals surface area contributed by atoms with E-state index >= 15 is 0 Å². The second-order valence-corrected chi connectivity index (χ2v) is 12.2. The van der Waals surface area contributed by atoms with Gasteiger partial charge in [-0.05, 0) is 55.5 Å². The number of rotatable bonds is 6. The fraction of sp³-hybridized carbons (Fsp3) is 0.412. The van der Waals surface area contributed by atoms with E-state index in [1.165, 1.54) is 26.1 Å². The minimum atomic E-state index is -1.44. The number of aromatic nitrogens is 2. The number of H-pyrrole nitrogens is 1. The third-order valence-corrected chi connectivity index (χ3v) is 7.91. The van der Waals surface area contributed by atoms with Crippen molar-refractivity contribution in [3.05, 3.63) is 83.7 Å². The molecular weight excluding hydrogens is 618 g/mol. The summed E-state index contributed by atoms with van der Waals surface area (Å²) in [6, 6.07) is 12.8. The van der Waals surface area contributed by atoms with Crippen LogP contribution in [0.3, 0.4) is 0 Å². The van der Waals surface area contributed by atoms with E-state index < -0.39 is 65.8 Å². The van der Waals surface area contributed by atoms with Crippen molar-refractivity contribution in [3.8, 4) is 5.75 Å². The second-order valence-electron chi connectivity index (χ2n) is 12.2. The number of aliphatic hydroxyl groups excluding tert-OH is 1. The molecule has 3 heterocycles. The van der Waals surface area contributed by atoms with Gasteiger partial charge >= 0.3 is 0 Å². The molecule has 3 aromatic rings. The number of carbonyl (C=O) groups is 5. The number of hydrogen-bond donors (Lipinski definition) is 7. The van der Waals surface area contributed by atoms with Gasteiger partial charge in [-0.1, -0.05) is 56.3 Å². The molecule has 14 heteroatoms. The van der Waals surface area contributed by atoms with Gasteiger partial charge in [-0.3, -0.25) is 29.1 Å². The molecule has 0 saturated heterocycles. The summed E-state index contributed by atoms with van der Waals surface area (Å²) < 4.78 is 6.08. The lowest BCUT2D eigenvalue weighted by atomic mass is 10.0. The molecule has 0 saturated carbocycles. The van der Waals surface area contributed by atoms with Crippen molar-refractivity contribution in [2.75, 3.05) is 6.61 Å². The first-order chi connectivity index (χ1) is 22.9. The Kier molecular flexibility index (Phi) is 12.3. The number of nitrogens with zero attached hydrogens (tertiary/aromatic N) is 1. The van der Waals surface area contributed by atoms with Gasteiger partial charge in [0.15, 0.2) is 0 Å². The lowest BCUT2D eigenvalue weighted by molar-refractivity contribution is -0.136. The molecule has 256 valence electrons. The molecular formula is C34H43N7O7. The van der Waals surface area contributed by atoms with Crippen LogP contribution in [-0.2, 0) is 32.0 Å². The van der Waals surface area contributed by atoms with Crippen LogP contribution < -0.4 is 31.3 Å². The molecule has 48 heavy (non-hydrogen) atoms. The summed E-state index contributed by atoms with van der Waals surface area (Å²) in [5, 5.41) is 30.2. The highest BCUT2D eigenvalue weighted by atomic mass is 16.5. The quantitative estimate of drug-likeness (QED) is 0.184. The highest BCUT2D eigenvalue weighted by Crippen LogP contribution is 2.16. The van der Waals surface area contributed by atoms with Crippen molar-refractivity contribution in [2.24, 2.45) is 5.92 Å². The van der Waals surface area contributed by atoms with E-state index in [0.717, 1.165) is 5.56 Å². The maximum Gasteiger partial charge on any atom is 0.269 e. The summed E-state index contributed by atoms with van der Waals surface area (Å²) >= 11 is 0. The van der Waals surface area contributed by atoms with Crippen LogP contribution in [0.25, 0.3) is 0 Å². The van der Waals surface area contributed by atoms with Crippen LogP contribution in [0.4, 0.5) is 0 Å². The lowest BCUT2D eigenvalue weighted by Gasteiger charge is -2.29. The molecule has 6 atom stereocenters. The first kappa shape index (κ1) is 35.6. The van der Waals surface area contributed by atoms with Gasteiger partial charge in [0, 0.05) is 12.6 Å². The number of amides is 5. The number of hydrogen-bond acceptors (Lipinski definition) is 8. The number of ether oxygens (including phenoxy) is 1. The summed E-state index contributed by atoms with van der Waals surface area (Å²) in [5.74, 6) is -3.05. The van der Waals surface area contributed by atoms with E-state index in [9.17, 15) is 29.1 Å². The molecule has 7 N–H and O–H groups in total. The van der Waals surface area contributed by atoms with Gasteiger partial charge in [-0.2, -0.15) is 5.10 Å². The zero-order valence-electron chi connectivity index (χ0n) is 27.4. The summed E-state index contributed by atoms with van der Waals surface area (Å²) in [6.07, 6.45) is 0.582. The largest absolute Gasteiger partial charge is 0.491 e. The molecule has 0 radical (unpaired) electrons. The first-order valence-electron chi connectivity index (χ1n) is 15.9. The molecule has 0 spiro atoms. The van der Waals surface area contributed by atoms with Crippen molar-refractivity contribution in [2.45, 2.75) is 76.8 Å². The minimum Gasteiger partial charge on any atom is -0.491 e. The predicted molar refractivity (Wildman–Crippen MR) is 176 cm³/mol. The van der Waals surface area contributed by atoms with E-state index in [1.807, 2.05) is 30.3 Å². The van der Waals surface area contributed by atoms with Gasteiger partial charge in [-0.25, -0.2) is 0 Å². The second kappa shape index (κ2) is 16.5.